The van der Waals surface area contributed by atoms with Gasteiger partial charge in [0.1, 0.15) is 0 Å². The molecule has 3 rings (SSSR count). The summed E-state index contributed by atoms with van der Waals surface area (Å²) in [5.74, 6) is 0. The minimum Gasteiger partial charge on any atom is -0.329 e. The summed E-state index contributed by atoms with van der Waals surface area (Å²) in [4.78, 5) is 5.47. The van der Waals surface area contributed by atoms with Crippen molar-refractivity contribution in [2.45, 2.75) is 64.0 Å². The van der Waals surface area contributed by atoms with Crippen LogP contribution >= 0.6 is 0 Å². The molecule has 2 saturated heterocycles. The maximum Gasteiger partial charge on any atom is 0.0470 e. The summed E-state index contributed by atoms with van der Waals surface area (Å²) < 4.78 is 0. The van der Waals surface area contributed by atoms with Crippen molar-refractivity contribution in [1.29, 1.82) is 0 Å². The Balaban J connectivity index is 1.68. The second-order valence-electron chi connectivity index (χ2n) is 7.88. The van der Waals surface area contributed by atoms with Gasteiger partial charge in [-0.2, -0.15) is 0 Å². The zero-order valence-electron chi connectivity index (χ0n) is 12.8. The zero-order valence-corrected chi connectivity index (χ0v) is 12.8. The zero-order chi connectivity index (χ0) is 13.5. The van der Waals surface area contributed by atoms with Crippen molar-refractivity contribution in [2.24, 2.45) is 11.1 Å². The quantitative estimate of drug-likeness (QED) is 0.848. The van der Waals surface area contributed by atoms with Crippen LogP contribution in [0.5, 0.6) is 0 Å². The maximum atomic E-state index is 6.23. The first-order valence-corrected chi connectivity index (χ1v) is 8.24. The Morgan fingerprint density at radius 3 is 2.53 bits per heavy atom. The van der Waals surface area contributed by atoms with Crippen LogP contribution in [-0.4, -0.2) is 54.1 Å². The first kappa shape index (κ1) is 13.8. The van der Waals surface area contributed by atoms with E-state index in [0.717, 1.165) is 12.6 Å². The van der Waals surface area contributed by atoms with Gasteiger partial charge in [0.2, 0.25) is 0 Å². The molecule has 2 heterocycles. The molecule has 2 aliphatic heterocycles. The van der Waals surface area contributed by atoms with E-state index in [-0.39, 0.29) is 0 Å². The monoisotopic (exact) mass is 265 g/mol. The Morgan fingerprint density at radius 2 is 1.84 bits per heavy atom. The molecule has 3 heteroatoms. The highest BCUT2D eigenvalue weighted by molar-refractivity contribution is 5.04. The number of nitrogens with zero attached hydrogens (tertiary/aromatic N) is 2. The first-order valence-electron chi connectivity index (χ1n) is 8.24. The fraction of sp³-hybridized carbons (Fsp3) is 1.00. The highest BCUT2D eigenvalue weighted by Gasteiger charge is 2.46. The van der Waals surface area contributed by atoms with Crippen molar-refractivity contribution < 1.29 is 0 Å². The fourth-order valence-corrected chi connectivity index (χ4v) is 4.09. The molecular weight excluding hydrogens is 234 g/mol. The summed E-state index contributed by atoms with van der Waals surface area (Å²) in [5, 5.41) is 0. The third kappa shape index (κ3) is 2.84. The van der Waals surface area contributed by atoms with Crippen molar-refractivity contribution >= 4 is 0 Å². The van der Waals surface area contributed by atoms with E-state index in [0.29, 0.717) is 11.0 Å². The van der Waals surface area contributed by atoms with Gasteiger partial charge in [0, 0.05) is 31.2 Å². The van der Waals surface area contributed by atoms with E-state index >= 15 is 0 Å². The number of rotatable bonds is 3. The van der Waals surface area contributed by atoms with Crippen LogP contribution in [0.3, 0.4) is 0 Å². The smallest absolute Gasteiger partial charge is 0.0470 e. The third-order valence-electron chi connectivity index (χ3n) is 5.82. The van der Waals surface area contributed by atoms with Gasteiger partial charge >= 0.3 is 0 Å². The van der Waals surface area contributed by atoms with E-state index in [4.69, 9.17) is 5.73 Å². The second kappa shape index (κ2) is 5.01. The molecule has 0 radical (unpaired) electrons. The van der Waals surface area contributed by atoms with Crippen molar-refractivity contribution in [3.63, 3.8) is 0 Å². The van der Waals surface area contributed by atoms with E-state index < -0.39 is 0 Å². The number of hydrogen-bond acceptors (Lipinski definition) is 3. The Bertz CT molecular complexity index is 324. The van der Waals surface area contributed by atoms with E-state index in [1.165, 1.54) is 64.7 Å². The van der Waals surface area contributed by atoms with Gasteiger partial charge in [0.15, 0.2) is 0 Å². The Morgan fingerprint density at radius 1 is 1.05 bits per heavy atom. The first-order chi connectivity index (χ1) is 9.05. The number of hydrogen-bond donors (Lipinski definition) is 1. The summed E-state index contributed by atoms with van der Waals surface area (Å²) in [7, 11) is 0. The molecule has 2 N–H and O–H groups in total. The lowest BCUT2D eigenvalue weighted by Gasteiger charge is -2.40. The minimum absolute atomic E-state index is 0.295. The van der Waals surface area contributed by atoms with Crippen molar-refractivity contribution in [3.8, 4) is 0 Å². The average molecular weight is 265 g/mol. The molecule has 1 saturated carbocycles. The SMILES string of the molecule is CC1(C)CCCN(C2(CN)CCN(C3CC3)C2)CC1. The van der Waals surface area contributed by atoms with Crippen LogP contribution in [0.1, 0.15) is 52.4 Å². The predicted octanol–water partition coefficient (Wildman–Crippen LogP) is 2.06. The van der Waals surface area contributed by atoms with Gasteiger partial charge in [0.05, 0.1) is 0 Å². The Labute approximate surface area is 118 Å². The fourth-order valence-electron chi connectivity index (χ4n) is 4.09. The second-order valence-corrected chi connectivity index (χ2v) is 7.88. The lowest BCUT2D eigenvalue weighted by Crippen LogP contribution is -2.56. The summed E-state index contributed by atoms with van der Waals surface area (Å²) in [6, 6.07) is 0.900. The van der Waals surface area contributed by atoms with Gasteiger partial charge < -0.3 is 5.73 Å². The Kier molecular flexibility index (Phi) is 3.65. The van der Waals surface area contributed by atoms with E-state index in [2.05, 4.69) is 23.6 Å². The summed E-state index contributed by atoms with van der Waals surface area (Å²) >= 11 is 0. The molecule has 0 aromatic rings. The molecule has 3 fully saturated rings. The van der Waals surface area contributed by atoms with Gasteiger partial charge in [0.25, 0.3) is 0 Å². The Hall–Kier alpha value is -0.120. The van der Waals surface area contributed by atoms with Crippen molar-refractivity contribution in [3.05, 3.63) is 0 Å². The molecule has 0 amide bonds. The summed E-state index contributed by atoms with van der Waals surface area (Å²) in [5.41, 5.74) is 7.05. The lowest BCUT2D eigenvalue weighted by molar-refractivity contribution is 0.0978. The largest absolute Gasteiger partial charge is 0.329 e. The third-order valence-corrected chi connectivity index (χ3v) is 5.82. The normalized spacial score (nSPS) is 37.4. The van der Waals surface area contributed by atoms with Crippen molar-refractivity contribution in [1.82, 2.24) is 9.80 Å². The standard InChI is InChI=1S/C16H31N3/c1-15(2)6-3-9-19(11-7-15)16(12-17)8-10-18(13-16)14-4-5-14/h14H,3-13,17H2,1-2H3. The van der Waals surface area contributed by atoms with Gasteiger partial charge in [-0.15, -0.1) is 0 Å². The molecule has 0 bridgehead atoms. The topological polar surface area (TPSA) is 32.5 Å². The molecule has 0 aromatic carbocycles. The van der Waals surface area contributed by atoms with Crippen LogP contribution < -0.4 is 5.73 Å². The molecule has 1 aliphatic carbocycles. The summed E-state index contributed by atoms with van der Waals surface area (Å²) in [6.45, 7) is 10.7. The molecule has 3 nitrogen and oxygen atoms in total. The average Bonchev–Trinajstić information content (AvgIpc) is 3.16. The molecule has 0 aromatic heterocycles. The van der Waals surface area contributed by atoms with Crippen LogP contribution in [0.2, 0.25) is 0 Å². The van der Waals surface area contributed by atoms with E-state index in [1.807, 2.05) is 0 Å². The van der Waals surface area contributed by atoms with Gasteiger partial charge in [-0.25, -0.2) is 0 Å². The van der Waals surface area contributed by atoms with Gasteiger partial charge in [-0.05, 0) is 57.0 Å². The van der Waals surface area contributed by atoms with Crippen LogP contribution in [0.4, 0.5) is 0 Å². The van der Waals surface area contributed by atoms with Crippen LogP contribution in [0, 0.1) is 5.41 Å². The molecule has 1 unspecified atom stereocenters. The summed E-state index contributed by atoms with van der Waals surface area (Å²) in [6.07, 6.45) is 8.19. The number of nitrogens with two attached hydrogens (primary N) is 1. The maximum absolute atomic E-state index is 6.23. The van der Waals surface area contributed by atoms with E-state index in [9.17, 15) is 0 Å². The highest BCUT2D eigenvalue weighted by atomic mass is 15.3. The molecular formula is C16H31N3. The minimum atomic E-state index is 0.295. The molecule has 3 aliphatic rings. The van der Waals surface area contributed by atoms with Gasteiger partial charge in [-0.3, -0.25) is 9.80 Å². The molecule has 19 heavy (non-hydrogen) atoms. The lowest BCUT2D eigenvalue weighted by atomic mass is 9.85. The predicted molar refractivity (Wildman–Crippen MR) is 80.2 cm³/mol. The number of likely N-dealkylation sites (tertiary alicyclic amines) is 2. The molecule has 110 valence electrons. The van der Waals surface area contributed by atoms with E-state index in [1.54, 1.807) is 0 Å². The van der Waals surface area contributed by atoms with Crippen molar-refractivity contribution in [2.75, 3.05) is 32.7 Å². The van der Waals surface area contributed by atoms with Gasteiger partial charge in [-0.1, -0.05) is 13.8 Å². The van der Waals surface area contributed by atoms with Crippen LogP contribution in [0.25, 0.3) is 0 Å². The highest BCUT2D eigenvalue weighted by Crippen LogP contribution is 2.38. The molecule has 0 spiro atoms. The van der Waals surface area contributed by atoms with Crippen LogP contribution in [0.15, 0.2) is 0 Å². The molecule has 1 atom stereocenters. The van der Waals surface area contributed by atoms with Crippen LogP contribution in [-0.2, 0) is 0 Å².